The van der Waals surface area contributed by atoms with Gasteiger partial charge in [-0.25, -0.2) is 0 Å². The van der Waals surface area contributed by atoms with Crippen LogP contribution < -0.4 is 5.32 Å². The number of amides is 1. The van der Waals surface area contributed by atoms with E-state index in [1.165, 1.54) is 11.1 Å². The van der Waals surface area contributed by atoms with Gasteiger partial charge in [-0.3, -0.25) is 9.69 Å². The Morgan fingerprint density at radius 3 is 2.28 bits per heavy atom. The second kappa shape index (κ2) is 10.8. The maximum absolute atomic E-state index is 12.6. The van der Waals surface area contributed by atoms with E-state index < -0.39 is 0 Å². The molecule has 3 nitrogen and oxygen atoms in total. The van der Waals surface area contributed by atoms with Crippen molar-refractivity contribution >= 4 is 27.9 Å². The number of nitrogens with zero attached hydrogens (tertiary/aromatic N) is 1. The first-order valence-corrected chi connectivity index (χ1v) is 12.0. The molecule has 0 spiro atoms. The van der Waals surface area contributed by atoms with Gasteiger partial charge in [-0.2, -0.15) is 0 Å². The molecular weight excluding hydrogens is 460 g/mol. The predicted octanol–water partition coefficient (Wildman–Crippen LogP) is 6.62. The lowest BCUT2D eigenvalue weighted by atomic mass is 9.99. The SMILES string of the molecule is C[C@@H](NC(=O)c1ccc(C=C2CCN(Cc3ccccc3)CC2)cc1)c1ccc(Br)cc1. The van der Waals surface area contributed by atoms with Crippen LogP contribution in [0.15, 0.2) is 88.9 Å². The first-order chi connectivity index (χ1) is 15.6. The Labute approximate surface area is 199 Å². The van der Waals surface area contributed by atoms with E-state index in [0.717, 1.165) is 48.1 Å². The Hall–Kier alpha value is -2.69. The minimum absolute atomic E-state index is 0.0431. The van der Waals surface area contributed by atoms with Gasteiger partial charge in [-0.05, 0) is 60.7 Å². The van der Waals surface area contributed by atoms with Crippen LogP contribution in [0.1, 0.15) is 52.9 Å². The van der Waals surface area contributed by atoms with Crippen LogP contribution in [-0.2, 0) is 6.54 Å². The highest BCUT2D eigenvalue weighted by Crippen LogP contribution is 2.22. The molecule has 0 aromatic heterocycles. The zero-order valence-corrected chi connectivity index (χ0v) is 20.0. The highest BCUT2D eigenvalue weighted by Gasteiger charge is 2.15. The Bertz CT molecular complexity index is 1050. The summed E-state index contributed by atoms with van der Waals surface area (Å²) in [5, 5.41) is 3.08. The molecule has 32 heavy (non-hydrogen) atoms. The van der Waals surface area contributed by atoms with E-state index in [1.54, 1.807) is 0 Å². The number of hydrogen-bond acceptors (Lipinski definition) is 2. The van der Waals surface area contributed by atoms with Crippen molar-refractivity contribution in [1.82, 2.24) is 10.2 Å². The second-order valence-electron chi connectivity index (χ2n) is 8.43. The van der Waals surface area contributed by atoms with Gasteiger partial charge >= 0.3 is 0 Å². The first kappa shape index (κ1) is 22.5. The number of benzene rings is 3. The summed E-state index contributed by atoms with van der Waals surface area (Å²) in [6, 6.07) is 26.6. The molecule has 1 aliphatic rings. The number of rotatable bonds is 6. The van der Waals surface area contributed by atoms with E-state index in [0.29, 0.717) is 5.56 Å². The van der Waals surface area contributed by atoms with Crippen LogP contribution in [-0.4, -0.2) is 23.9 Å². The van der Waals surface area contributed by atoms with Crippen molar-refractivity contribution < 1.29 is 4.79 Å². The van der Waals surface area contributed by atoms with Gasteiger partial charge in [0.2, 0.25) is 0 Å². The standard InChI is InChI=1S/C28H29BrN2O/c1-21(25-11-13-27(29)14-12-25)30-28(32)26-9-7-22(8-10-26)19-23-15-17-31(18-16-23)20-24-5-3-2-4-6-24/h2-14,19,21H,15-18,20H2,1H3,(H,30,32)/t21-/m1/s1. The number of nitrogens with one attached hydrogen (secondary N) is 1. The molecule has 1 atom stereocenters. The molecule has 0 aliphatic carbocycles. The molecule has 0 bridgehead atoms. The normalized spacial score (nSPS) is 15.2. The number of piperidine rings is 1. The molecule has 0 radical (unpaired) electrons. The number of halogens is 1. The lowest BCUT2D eigenvalue weighted by Gasteiger charge is -2.28. The van der Waals surface area contributed by atoms with Crippen LogP contribution in [0.3, 0.4) is 0 Å². The summed E-state index contributed by atoms with van der Waals surface area (Å²) >= 11 is 3.45. The van der Waals surface area contributed by atoms with Crippen molar-refractivity contribution in [3.8, 4) is 0 Å². The van der Waals surface area contributed by atoms with Crippen LogP contribution >= 0.6 is 15.9 Å². The molecule has 4 heteroatoms. The van der Waals surface area contributed by atoms with E-state index in [2.05, 4.69) is 62.6 Å². The summed E-state index contributed by atoms with van der Waals surface area (Å²) in [5.41, 5.74) is 5.79. The second-order valence-corrected chi connectivity index (χ2v) is 9.35. The highest BCUT2D eigenvalue weighted by atomic mass is 79.9. The van der Waals surface area contributed by atoms with Gasteiger partial charge in [0.05, 0.1) is 6.04 Å². The van der Waals surface area contributed by atoms with Crippen LogP contribution in [0.5, 0.6) is 0 Å². The lowest BCUT2D eigenvalue weighted by Crippen LogP contribution is -2.30. The smallest absolute Gasteiger partial charge is 0.251 e. The summed E-state index contributed by atoms with van der Waals surface area (Å²) in [6.45, 7) is 5.21. The molecule has 1 aliphatic heterocycles. The molecule has 3 aromatic carbocycles. The molecular formula is C28H29BrN2O. The van der Waals surface area contributed by atoms with E-state index in [9.17, 15) is 4.79 Å². The van der Waals surface area contributed by atoms with E-state index in [4.69, 9.17) is 0 Å². The highest BCUT2D eigenvalue weighted by molar-refractivity contribution is 9.10. The molecule has 3 aromatic rings. The van der Waals surface area contributed by atoms with Crippen LogP contribution in [0.4, 0.5) is 0 Å². The first-order valence-electron chi connectivity index (χ1n) is 11.2. The Balaban J connectivity index is 1.30. The lowest BCUT2D eigenvalue weighted by molar-refractivity contribution is 0.0940. The third-order valence-corrected chi connectivity index (χ3v) is 6.54. The van der Waals surface area contributed by atoms with Crippen LogP contribution in [0.25, 0.3) is 6.08 Å². The van der Waals surface area contributed by atoms with E-state index >= 15 is 0 Å². The van der Waals surface area contributed by atoms with Crippen LogP contribution in [0.2, 0.25) is 0 Å². The van der Waals surface area contributed by atoms with Gasteiger partial charge in [-0.15, -0.1) is 0 Å². The summed E-state index contributed by atoms with van der Waals surface area (Å²) < 4.78 is 1.03. The van der Waals surface area contributed by atoms with Crippen molar-refractivity contribution in [2.45, 2.75) is 32.4 Å². The van der Waals surface area contributed by atoms with Gasteiger partial charge < -0.3 is 5.32 Å². The molecule has 1 fully saturated rings. The van der Waals surface area contributed by atoms with E-state index in [-0.39, 0.29) is 11.9 Å². The summed E-state index contributed by atoms with van der Waals surface area (Å²) in [5.74, 6) is -0.0474. The number of carbonyl (C=O) groups is 1. The van der Waals surface area contributed by atoms with Crippen LogP contribution in [0, 0.1) is 0 Å². The predicted molar refractivity (Wildman–Crippen MR) is 135 cm³/mol. The maximum Gasteiger partial charge on any atom is 0.251 e. The van der Waals surface area contributed by atoms with Gasteiger partial charge in [-0.1, -0.05) is 82.2 Å². The van der Waals surface area contributed by atoms with Gasteiger partial charge in [0, 0.05) is 29.7 Å². The fraction of sp³-hybridized carbons (Fsp3) is 0.250. The average Bonchev–Trinajstić information content (AvgIpc) is 2.82. The third-order valence-electron chi connectivity index (χ3n) is 6.01. The fourth-order valence-electron chi connectivity index (χ4n) is 4.07. The average molecular weight is 489 g/mol. The monoisotopic (exact) mass is 488 g/mol. The van der Waals surface area contributed by atoms with Crippen molar-refractivity contribution in [2.24, 2.45) is 0 Å². The molecule has 4 rings (SSSR count). The van der Waals surface area contributed by atoms with Crippen molar-refractivity contribution in [3.05, 3.63) is 111 Å². The molecule has 1 heterocycles. The minimum Gasteiger partial charge on any atom is -0.346 e. The Kier molecular flexibility index (Phi) is 7.56. The fourth-order valence-corrected chi connectivity index (χ4v) is 4.33. The molecule has 0 unspecified atom stereocenters. The number of likely N-dealkylation sites (tertiary alicyclic amines) is 1. The van der Waals surface area contributed by atoms with Crippen molar-refractivity contribution in [1.29, 1.82) is 0 Å². The zero-order chi connectivity index (χ0) is 22.3. The molecule has 1 saturated heterocycles. The Morgan fingerprint density at radius 2 is 1.62 bits per heavy atom. The van der Waals surface area contributed by atoms with Crippen molar-refractivity contribution in [2.75, 3.05) is 13.1 Å². The topological polar surface area (TPSA) is 32.3 Å². The zero-order valence-electron chi connectivity index (χ0n) is 18.4. The number of carbonyl (C=O) groups excluding carboxylic acids is 1. The molecule has 1 amide bonds. The van der Waals surface area contributed by atoms with Gasteiger partial charge in [0.25, 0.3) is 5.91 Å². The Morgan fingerprint density at radius 1 is 0.969 bits per heavy atom. The molecule has 0 saturated carbocycles. The minimum atomic E-state index is -0.0474. The number of hydrogen-bond donors (Lipinski definition) is 1. The molecule has 164 valence electrons. The third kappa shape index (κ3) is 6.18. The largest absolute Gasteiger partial charge is 0.346 e. The summed E-state index contributed by atoms with van der Waals surface area (Å²) in [4.78, 5) is 15.2. The van der Waals surface area contributed by atoms with Crippen molar-refractivity contribution in [3.63, 3.8) is 0 Å². The van der Waals surface area contributed by atoms with Gasteiger partial charge in [0.1, 0.15) is 0 Å². The maximum atomic E-state index is 12.6. The summed E-state index contributed by atoms with van der Waals surface area (Å²) in [6.07, 6.45) is 4.48. The quantitative estimate of drug-likeness (QED) is 0.422. The van der Waals surface area contributed by atoms with E-state index in [1.807, 2.05) is 55.5 Å². The van der Waals surface area contributed by atoms with Gasteiger partial charge in [0.15, 0.2) is 0 Å². The summed E-state index contributed by atoms with van der Waals surface area (Å²) in [7, 11) is 0. The molecule has 1 N–H and O–H groups in total.